The Labute approximate surface area is 121 Å². The van der Waals surface area contributed by atoms with Gasteiger partial charge in [0.05, 0.1) is 12.7 Å². The van der Waals surface area contributed by atoms with Crippen molar-refractivity contribution >= 4 is 0 Å². The van der Waals surface area contributed by atoms with E-state index in [2.05, 4.69) is 37.8 Å². The van der Waals surface area contributed by atoms with E-state index < -0.39 is 5.54 Å². The molecule has 1 unspecified atom stereocenters. The Hall–Kier alpha value is -0.940. The average molecular weight is 281 g/mol. The van der Waals surface area contributed by atoms with Gasteiger partial charge in [0, 0.05) is 5.92 Å². The van der Waals surface area contributed by atoms with Crippen molar-refractivity contribution in [2.45, 2.75) is 66.0 Å². The number of nitrogens with two attached hydrogens (primary N) is 1. The number of nitrogens with zero attached hydrogens (tertiary/aromatic N) is 2. The molecular weight excluding hydrogens is 254 g/mol. The molecule has 0 radical (unpaired) electrons. The van der Waals surface area contributed by atoms with Crippen LogP contribution in [-0.2, 0) is 10.3 Å². The first-order valence-electron chi connectivity index (χ1n) is 7.24. The van der Waals surface area contributed by atoms with Gasteiger partial charge in [-0.25, -0.2) is 0 Å². The number of hydrogen-bond donors (Lipinski definition) is 1. The number of aromatic nitrogens is 2. The average Bonchev–Trinajstić information content (AvgIpc) is 2.70. The van der Waals surface area contributed by atoms with E-state index in [1.54, 1.807) is 0 Å². The third kappa shape index (κ3) is 2.37. The molecule has 2 N–H and O–H groups in total. The molecule has 0 saturated heterocycles. The van der Waals surface area contributed by atoms with Crippen molar-refractivity contribution in [2.24, 2.45) is 16.6 Å². The Bertz CT molecular complexity index is 475. The Balaban J connectivity index is 2.14. The first-order valence-corrected chi connectivity index (χ1v) is 7.24. The van der Waals surface area contributed by atoms with Crippen molar-refractivity contribution in [3.63, 3.8) is 0 Å². The van der Waals surface area contributed by atoms with Gasteiger partial charge in [-0.1, -0.05) is 32.9 Å². The zero-order valence-corrected chi connectivity index (χ0v) is 13.7. The molecule has 5 nitrogen and oxygen atoms in total. The molecule has 0 bridgehead atoms. The lowest BCUT2D eigenvalue weighted by atomic mass is 10.0. The van der Waals surface area contributed by atoms with E-state index in [4.69, 9.17) is 15.0 Å². The minimum atomic E-state index is -0.727. The van der Waals surface area contributed by atoms with Gasteiger partial charge in [0.1, 0.15) is 5.54 Å². The van der Waals surface area contributed by atoms with Gasteiger partial charge in [-0.05, 0) is 31.6 Å². The highest BCUT2D eigenvalue weighted by Crippen LogP contribution is 2.73. The molecule has 1 aliphatic carbocycles. The van der Waals surface area contributed by atoms with E-state index in [0.717, 1.165) is 0 Å². The Morgan fingerprint density at radius 2 is 1.85 bits per heavy atom. The van der Waals surface area contributed by atoms with Gasteiger partial charge in [0.2, 0.25) is 5.89 Å². The zero-order chi connectivity index (χ0) is 15.3. The summed E-state index contributed by atoms with van der Waals surface area (Å²) in [7, 11) is 0. The molecule has 20 heavy (non-hydrogen) atoms. The Kier molecular flexibility index (Phi) is 3.50. The predicted molar refractivity (Wildman–Crippen MR) is 77.2 cm³/mol. The normalized spacial score (nSPS) is 23.9. The van der Waals surface area contributed by atoms with Gasteiger partial charge in [-0.2, -0.15) is 4.98 Å². The van der Waals surface area contributed by atoms with Crippen LogP contribution in [0.4, 0.5) is 0 Å². The standard InChI is InChI=1S/C15H27N3O2/c1-9(2)19-8-15(7,16)12-17-11(20-18-12)10-13(3,4)14(10,5)6/h9-10H,8,16H2,1-7H3. The van der Waals surface area contributed by atoms with Crippen LogP contribution in [0.5, 0.6) is 0 Å². The summed E-state index contributed by atoms with van der Waals surface area (Å²) in [5.74, 6) is 1.50. The quantitative estimate of drug-likeness (QED) is 0.898. The van der Waals surface area contributed by atoms with Crippen molar-refractivity contribution in [2.75, 3.05) is 6.61 Å². The molecule has 0 aromatic carbocycles. The van der Waals surface area contributed by atoms with E-state index in [1.807, 2.05) is 20.8 Å². The molecule has 1 saturated carbocycles. The van der Waals surface area contributed by atoms with Crippen LogP contribution in [0.2, 0.25) is 0 Å². The lowest BCUT2D eigenvalue weighted by Gasteiger charge is -2.21. The highest BCUT2D eigenvalue weighted by Gasteiger charge is 2.68. The molecule has 1 aromatic rings. The third-order valence-electron chi connectivity index (χ3n) is 4.94. The summed E-state index contributed by atoms with van der Waals surface area (Å²) in [6.07, 6.45) is 0.130. The summed E-state index contributed by atoms with van der Waals surface area (Å²) in [5, 5.41) is 4.07. The summed E-state index contributed by atoms with van der Waals surface area (Å²) >= 11 is 0. The van der Waals surface area contributed by atoms with Crippen LogP contribution in [0.25, 0.3) is 0 Å². The van der Waals surface area contributed by atoms with Crippen molar-refractivity contribution < 1.29 is 9.26 Å². The Morgan fingerprint density at radius 3 is 2.30 bits per heavy atom. The minimum Gasteiger partial charge on any atom is -0.376 e. The van der Waals surface area contributed by atoms with Crippen LogP contribution < -0.4 is 5.73 Å². The Morgan fingerprint density at radius 1 is 1.30 bits per heavy atom. The molecule has 0 spiro atoms. The van der Waals surface area contributed by atoms with Crippen LogP contribution in [-0.4, -0.2) is 22.9 Å². The molecule has 5 heteroatoms. The largest absolute Gasteiger partial charge is 0.376 e. The van der Waals surface area contributed by atoms with E-state index in [1.165, 1.54) is 0 Å². The second-order valence-corrected chi connectivity index (χ2v) is 7.61. The predicted octanol–water partition coefficient (Wildman–Crippen LogP) is 2.82. The number of hydrogen-bond acceptors (Lipinski definition) is 5. The van der Waals surface area contributed by atoms with E-state index in [0.29, 0.717) is 18.3 Å². The molecule has 1 aromatic heterocycles. The topological polar surface area (TPSA) is 74.2 Å². The molecule has 2 rings (SSSR count). The molecule has 114 valence electrons. The zero-order valence-electron chi connectivity index (χ0n) is 13.7. The minimum absolute atomic E-state index is 0.130. The summed E-state index contributed by atoms with van der Waals surface area (Å²) < 4.78 is 11.0. The fourth-order valence-corrected chi connectivity index (χ4v) is 2.80. The summed E-state index contributed by atoms with van der Waals surface area (Å²) in [4.78, 5) is 4.53. The van der Waals surface area contributed by atoms with E-state index >= 15 is 0 Å². The molecule has 0 amide bonds. The third-order valence-corrected chi connectivity index (χ3v) is 4.94. The van der Waals surface area contributed by atoms with Crippen LogP contribution in [0.3, 0.4) is 0 Å². The first-order chi connectivity index (χ1) is 9.00. The van der Waals surface area contributed by atoms with Gasteiger partial charge in [0.25, 0.3) is 0 Å². The maximum Gasteiger partial charge on any atom is 0.230 e. The summed E-state index contributed by atoms with van der Waals surface area (Å²) in [6.45, 7) is 15.1. The SMILES string of the molecule is CC(C)OCC(C)(N)c1noc(C2C(C)(C)C2(C)C)n1. The van der Waals surface area contributed by atoms with Gasteiger partial charge < -0.3 is 15.0 Å². The summed E-state index contributed by atoms with van der Waals surface area (Å²) in [6, 6.07) is 0. The van der Waals surface area contributed by atoms with Crippen LogP contribution >= 0.6 is 0 Å². The molecule has 1 fully saturated rings. The second-order valence-electron chi connectivity index (χ2n) is 7.61. The second kappa shape index (κ2) is 4.53. The van der Waals surface area contributed by atoms with Gasteiger partial charge in [-0.15, -0.1) is 0 Å². The van der Waals surface area contributed by atoms with Gasteiger partial charge in [0.15, 0.2) is 5.82 Å². The smallest absolute Gasteiger partial charge is 0.230 e. The van der Waals surface area contributed by atoms with Crippen LogP contribution in [0.1, 0.15) is 66.1 Å². The monoisotopic (exact) mass is 281 g/mol. The van der Waals surface area contributed by atoms with Crippen molar-refractivity contribution in [1.29, 1.82) is 0 Å². The van der Waals surface area contributed by atoms with Crippen molar-refractivity contribution in [3.05, 3.63) is 11.7 Å². The van der Waals surface area contributed by atoms with Crippen LogP contribution in [0.15, 0.2) is 4.52 Å². The molecule has 1 aliphatic rings. The highest BCUT2D eigenvalue weighted by atomic mass is 16.5. The maximum atomic E-state index is 6.25. The van der Waals surface area contributed by atoms with Crippen molar-refractivity contribution in [3.8, 4) is 0 Å². The maximum absolute atomic E-state index is 6.25. The molecule has 0 aliphatic heterocycles. The molecule has 1 heterocycles. The lowest BCUT2D eigenvalue weighted by Crippen LogP contribution is -2.40. The highest BCUT2D eigenvalue weighted by molar-refractivity contribution is 5.25. The number of rotatable bonds is 5. The van der Waals surface area contributed by atoms with Crippen LogP contribution in [0, 0.1) is 10.8 Å². The first kappa shape index (κ1) is 15.4. The van der Waals surface area contributed by atoms with Gasteiger partial charge >= 0.3 is 0 Å². The van der Waals surface area contributed by atoms with E-state index in [9.17, 15) is 0 Å². The fourth-order valence-electron chi connectivity index (χ4n) is 2.80. The lowest BCUT2D eigenvalue weighted by molar-refractivity contribution is 0.0410. The molecular formula is C15H27N3O2. The fraction of sp³-hybridized carbons (Fsp3) is 0.867. The molecule has 1 atom stereocenters. The van der Waals surface area contributed by atoms with E-state index in [-0.39, 0.29) is 22.9 Å². The van der Waals surface area contributed by atoms with Gasteiger partial charge in [-0.3, -0.25) is 0 Å². The van der Waals surface area contributed by atoms with Crippen molar-refractivity contribution in [1.82, 2.24) is 10.1 Å². The number of ether oxygens (including phenoxy) is 1. The summed E-state index contributed by atoms with van der Waals surface area (Å²) in [5.41, 5.74) is 5.87.